The van der Waals surface area contributed by atoms with Crippen molar-refractivity contribution >= 4 is 23.6 Å². The van der Waals surface area contributed by atoms with Crippen LogP contribution in [0.4, 0.5) is 4.79 Å². The quantitative estimate of drug-likeness (QED) is 0.588. The Labute approximate surface area is 140 Å². The number of unbranched alkanes of at least 4 members (excludes halogenated alkanes) is 1. The van der Waals surface area contributed by atoms with Crippen LogP contribution in [0.15, 0.2) is 0 Å². The lowest BCUT2D eigenvalue weighted by Gasteiger charge is -2.23. The highest BCUT2D eigenvalue weighted by Gasteiger charge is 2.51. The molecule has 0 saturated carbocycles. The van der Waals surface area contributed by atoms with Crippen molar-refractivity contribution < 1.29 is 9.59 Å². The van der Waals surface area contributed by atoms with Crippen molar-refractivity contribution in [2.24, 2.45) is 0 Å². The number of nitrogens with one attached hydrogen (secondary N) is 2. The lowest BCUT2D eigenvalue weighted by Crippen LogP contribution is -2.47. The summed E-state index contributed by atoms with van der Waals surface area (Å²) in [4.78, 5) is 22.2. The number of Topliss-reactive ketones (excluding diaryl/α,β-unsaturated/α-hetero) is 1. The van der Waals surface area contributed by atoms with Crippen LogP contribution in [0, 0.1) is 0 Å². The van der Waals surface area contributed by atoms with E-state index >= 15 is 0 Å². The number of hydrogen-bond donors (Lipinski definition) is 2. The molecule has 5 heteroatoms. The molecule has 2 rings (SSSR count). The maximum Gasteiger partial charge on any atom is 0.315 e. The number of fused-ring (bicyclic) bond motifs is 1. The monoisotopic (exact) mass is 330 g/mol. The van der Waals surface area contributed by atoms with E-state index in [-0.39, 0.29) is 23.4 Å². The second-order valence-corrected chi connectivity index (χ2v) is 7.23. The van der Waals surface area contributed by atoms with Gasteiger partial charge in [0.2, 0.25) is 0 Å². The van der Waals surface area contributed by atoms with Crippen LogP contribution >= 0.6 is 11.8 Å². The normalized spacial score (nSPS) is 28.4. The molecule has 0 unspecified atom stereocenters. The first-order valence-corrected chi connectivity index (χ1v) is 9.67. The molecule has 3 atom stereocenters. The average molecular weight is 331 g/mol. The highest BCUT2D eigenvalue weighted by atomic mass is 32.2. The van der Waals surface area contributed by atoms with Gasteiger partial charge in [0.1, 0.15) is 5.78 Å². The zero-order valence-electron chi connectivity index (χ0n) is 15.1. The molecule has 0 aliphatic carbocycles. The second-order valence-electron chi connectivity index (χ2n) is 6.00. The van der Waals surface area contributed by atoms with E-state index in [1.54, 1.807) is 6.92 Å². The van der Waals surface area contributed by atoms with Gasteiger partial charge in [-0.3, -0.25) is 0 Å². The first-order valence-electron chi connectivity index (χ1n) is 8.62. The van der Waals surface area contributed by atoms with Crippen LogP contribution in [-0.4, -0.2) is 34.4 Å². The van der Waals surface area contributed by atoms with Crippen molar-refractivity contribution in [2.75, 3.05) is 5.75 Å². The molecule has 130 valence electrons. The summed E-state index contributed by atoms with van der Waals surface area (Å²) in [7, 11) is 0. The lowest BCUT2D eigenvalue weighted by molar-refractivity contribution is -0.117. The van der Waals surface area contributed by atoms with Crippen molar-refractivity contribution in [2.45, 2.75) is 90.5 Å². The number of urea groups is 1. The first kappa shape index (κ1) is 21.3. The number of carbonyl (C=O) groups excluding carboxylic acids is 2. The summed E-state index contributed by atoms with van der Waals surface area (Å²) in [6.45, 7) is 12.0. The fourth-order valence-corrected chi connectivity index (χ4v) is 4.35. The second kappa shape index (κ2) is 10.9. The predicted molar refractivity (Wildman–Crippen MR) is 96.6 cm³/mol. The smallest absolute Gasteiger partial charge is 0.315 e. The molecule has 22 heavy (non-hydrogen) atoms. The van der Waals surface area contributed by atoms with E-state index in [0.717, 1.165) is 25.0 Å². The average Bonchev–Trinajstić information content (AvgIpc) is 2.91. The van der Waals surface area contributed by atoms with Crippen molar-refractivity contribution in [1.29, 1.82) is 0 Å². The third kappa shape index (κ3) is 6.59. The molecule has 2 heterocycles. The Morgan fingerprint density at radius 2 is 1.91 bits per heavy atom. The molecular weight excluding hydrogens is 296 g/mol. The number of amides is 2. The van der Waals surface area contributed by atoms with Crippen LogP contribution in [0.1, 0.15) is 73.6 Å². The largest absolute Gasteiger partial charge is 0.332 e. The standard InChI is InChI=1S/C12H20N2O2S.C3H8.C2H6/c1-8(15)5-3-4-6-9-10-12(2,7-17-9)14-11(16)13-10;1-3-2;1-2/h9-10H,3-7H2,1-2H3,(H2,13,14,16);3H2,1-2H3;1-2H3/t9-,10+,12-;;/m0../s1. The molecule has 2 aliphatic rings. The number of ketones is 1. The van der Waals surface area contributed by atoms with Gasteiger partial charge in [-0.05, 0) is 26.7 Å². The lowest BCUT2D eigenvalue weighted by atomic mass is 9.92. The van der Waals surface area contributed by atoms with Crippen molar-refractivity contribution in [3.63, 3.8) is 0 Å². The van der Waals surface area contributed by atoms with Gasteiger partial charge >= 0.3 is 6.03 Å². The van der Waals surface area contributed by atoms with Crippen LogP contribution < -0.4 is 10.6 Å². The molecule has 0 aromatic rings. The Bertz CT molecular complexity index is 350. The van der Waals surface area contributed by atoms with Gasteiger partial charge in [-0.2, -0.15) is 11.8 Å². The Morgan fingerprint density at radius 3 is 2.45 bits per heavy atom. The minimum absolute atomic E-state index is 0.0356. The Kier molecular flexibility index (Phi) is 10.6. The van der Waals surface area contributed by atoms with E-state index in [0.29, 0.717) is 11.7 Å². The van der Waals surface area contributed by atoms with Crippen molar-refractivity contribution in [1.82, 2.24) is 10.6 Å². The summed E-state index contributed by atoms with van der Waals surface area (Å²) in [5.41, 5.74) is -0.0764. The van der Waals surface area contributed by atoms with Crippen LogP contribution in [0.5, 0.6) is 0 Å². The van der Waals surface area contributed by atoms with Crippen molar-refractivity contribution in [3.8, 4) is 0 Å². The predicted octanol–water partition coefficient (Wildman–Crippen LogP) is 4.13. The van der Waals surface area contributed by atoms with Crippen molar-refractivity contribution in [3.05, 3.63) is 0 Å². The van der Waals surface area contributed by atoms with Gasteiger partial charge < -0.3 is 15.4 Å². The van der Waals surface area contributed by atoms with Gasteiger partial charge in [0.15, 0.2) is 0 Å². The van der Waals surface area contributed by atoms with Gasteiger partial charge in [-0.25, -0.2) is 4.79 Å². The summed E-state index contributed by atoms with van der Waals surface area (Å²) in [5, 5.41) is 6.52. The molecule has 2 N–H and O–H groups in total. The van der Waals surface area contributed by atoms with Crippen LogP contribution in [0.3, 0.4) is 0 Å². The minimum atomic E-state index is -0.0764. The molecule has 2 amide bonds. The zero-order chi connectivity index (χ0) is 17.2. The van der Waals surface area contributed by atoms with E-state index in [1.165, 1.54) is 6.42 Å². The summed E-state index contributed by atoms with van der Waals surface area (Å²) in [6, 6.07) is 0.212. The molecule has 0 spiro atoms. The number of rotatable bonds is 5. The summed E-state index contributed by atoms with van der Waals surface area (Å²) in [6.07, 6.45) is 5.06. The SMILES string of the molecule is CC.CC(=O)CCCC[C@@H]1SC[C@]2(C)NC(=O)N[C@H]12.CCC. The highest BCUT2D eigenvalue weighted by molar-refractivity contribution is 8.00. The third-order valence-corrected chi connectivity index (χ3v) is 5.31. The molecule has 0 aromatic heterocycles. The number of hydrogen-bond acceptors (Lipinski definition) is 3. The fourth-order valence-electron chi connectivity index (χ4n) is 2.65. The highest BCUT2D eigenvalue weighted by Crippen LogP contribution is 2.39. The topological polar surface area (TPSA) is 58.2 Å². The van der Waals surface area contributed by atoms with Gasteiger partial charge in [0.05, 0.1) is 11.6 Å². The Hall–Kier alpha value is -0.710. The maximum atomic E-state index is 11.4. The molecule has 0 radical (unpaired) electrons. The third-order valence-electron chi connectivity index (χ3n) is 3.61. The molecule has 4 nitrogen and oxygen atoms in total. The zero-order valence-corrected chi connectivity index (χ0v) is 15.9. The van der Waals surface area contributed by atoms with Crippen LogP contribution in [0.2, 0.25) is 0 Å². The van der Waals surface area contributed by atoms with E-state index in [4.69, 9.17) is 0 Å². The van der Waals surface area contributed by atoms with E-state index in [1.807, 2.05) is 25.6 Å². The molecule has 2 aliphatic heterocycles. The van der Waals surface area contributed by atoms with E-state index < -0.39 is 0 Å². The molecule has 2 saturated heterocycles. The van der Waals surface area contributed by atoms with Gasteiger partial charge in [0.25, 0.3) is 0 Å². The Balaban J connectivity index is 0.000000789. The summed E-state index contributed by atoms with van der Waals surface area (Å²) in [5.74, 6) is 1.25. The van der Waals surface area contributed by atoms with Crippen LogP contribution in [-0.2, 0) is 4.79 Å². The number of thioether (sulfide) groups is 1. The van der Waals surface area contributed by atoms with Gasteiger partial charge in [-0.15, -0.1) is 0 Å². The minimum Gasteiger partial charge on any atom is -0.332 e. The first-order chi connectivity index (χ1) is 10.4. The maximum absolute atomic E-state index is 11.4. The molecule has 2 fully saturated rings. The fraction of sp³-hybridized carbons (Fsp3) is 0.882. The molecule has 0 bridgehead atoms. The summed E-state index contributed by atoms with van der Waals surface area (Å²) >= 11 is 1.93. The number of carbonyl (C=O) groups is 2. The van der Waals surface area contributed by atoms with E-state index in [2.05, 4.69) is 31.4 Å². The Morgan fingerprint density at radius 1 is 1.32 bits per heavy atom. The molecule has 0 aromatic carbocycles. The van der Waals surface area contributed by atoms with Gasteiger partial charge in [-0.1, -0.05) is 40.5 Å². The van der Waals surface area contributed by atoms with E-state index in [9.17, 15) is 9.59 Å². The summed E-state index contributed by atoms with van der Waals surface area (Å²) < 4.78 is 0. The van der Waals surface area contributed by atoms with Crippen LogP contribution in [0.25, 0.3) is 0 Å². The van der Waals surface area contributed by atoms with Gasteiger partial charge in [0, 0.05) is 17.4 Å². The molecular formula is C17H34N2O2S.